The maximum atomic E-state index is 12.1. The van der Waals surface area contributed by atoms with Gasteiger partial charge in [0.2, 0.25) is 0 Å². The van der Waals surface area contributed by atoms with Crippen LogP contribution >= 0.6 is 0 Å². The van der Waals surface area contributed by atoms with Gasteiger partial charge in [-0.1, -0.05) is 26.0 Å². The second-order valence-electron chi connectivity index (χ2n) is 5.21. The summed E-state index contributed by atoms with van der Waals surface area (Å²) in [6.45, 7) is 0.612. The van der Waals surface area contributed by atoms with E-state index < -0.39 is 18.0 Å². The van der Waals surface area contributed by atoms with Gasteiger partial charge in [0.15, 0.2) is 0 Å². The summed E-state index contributed by atoms with van der Waals surface area (Å²) in [5.74, 6) is -1.13. The summed E-state index contributed by atoms with van der Waals surface area (Å²) in [5, 5.41) is 9.32. The third-order valence-corrected chi connectivity index (χ3v) is 3.89. The molecule has 0 atom stereocenters. The summed E-state index contributed by atoms with van der Waals surface area (Å²) in [7, 11) is 0. The Bertz CT molecular complexity index is 507. The average molecular weight is 314 g/mol. The molecule has 0 spiro atoms. The molecule has 0 aromatic heterocycles. The molecule has 1 aromatic carbocycles. The summed E-state index contributed by atoms with van der Waals surface area (Å²) in [6, 6.07) is 5.77. The Hall–Kier alpha value is -1.98. The van der Waals surface area contributed by atoms with Gasteiger partial charge in [0.05, 0.1) is 5.41 Å². The van der Waals surface area contributed by atoms with E-state index in [1.54, 1.807) is 13.8 Å². The Balaban J connectivity index is 2.70. The first-order chi connectivity index (χ1) is 10.3. The van der Waals surface area contributed by atoms with E-state index in [-0.39, 0.29) is 24.4 Å². The molecule has 22 heavy (non-hydrogen) atoms. The van der Waals surface area contributed by atoms with Crippen LogP contribution in [0.1, 0.15) is 38.7 Å². The standard InChI is InChI=1S/C16H20F2O4/c1-3-16(4-2,14(20)21)10-12(19)9-11-5-7-13(8-6-11)22-15(17)18/h5-8,15H,3-4,9-10H2,1-2H3,(H,20,21). The molecule has 0 bridgehead atoms. The molecule has 1 aromatic rings. The summed E-state index contributed by atoms with van der Waals surface area (Å²) in [6.07, 6.45) is 0.798. The van der Waals surface area contributed by atoms with E-state index in [0.29, 0.717) is 18.4 Å². The molecule has 0 amide bonds. The van der Waals surface area contributed by atoms with Gasteiger partial charge in [0.25, 0.3) is 0 Å². The number of halogens is 2. The molecule has 0 radical (unpaired) electrons. The fourth-order valence-electron chi connectivity index (χ4n) is 2.33. The van der Waals surface area contributed by atoms with Gasteiger partial charge in [0.1, 0.15) is 11.5 Å². The van der Waals surface area contributed by atoms with Crippen molar-refractivity contribution in [2.75, 3.05) is 0 Å². The summed E-state index contributed by atoms with van der Waals surface area (Å²) >= 11 is 0. The van der Waals surface area contributed by atoms with Crippen molar-refractivity contribution in [3.8, 4) is 5.75 Å². The van der Waals surface area contributed by atoms with Gasteiger partial charge < -0.3 is 9.84 Å². The van der Waals surface area contributed by atoms with Crippen molar-refractivity contribution < 1.29 is 28.2 Å². The summed E-state index contributed by atoms with van der Waals surface area (Å²) in [4.78, 5) is 23.5. The van der Waals surface area contributed by atoms with Crippen LogP contribution in [0.25, 0.3) is 0 Å². The van der Waals surface area contributed by atoms with E-state index in [2.05, 4.69) is 4.74 Å². The molecule has 0 aliphatic heterocycles. The zero-order valence-corrected chi connectivity index (χ0v) is 12.6. The van der Waals surface area contributed by atoms with E-state index in [1.165, 1.54) is 24.3 Å². The van der Waals surface area contributed by atoms with Crippen LogP contribution in [-0.2, 0) is 16.0 Å². The molecule has 0 unspecified atom stereocenters. The van der Waals surface area contributed by atoms with E-state index in [1.807, 2.05) is 0 Å². The van der Waals surface area contributed by atoms with Crippen LogP contribution in [0.5, 0.6) is 5.75 Å². The molecule has 0 heterocycles. The van der Waals surface area contributed by atoms with E-state index in [0.717, 1.165) is 0 Å². The molecule has 6 heteroatoms. The van der Waals surface area contributed by atoms with Crippen LogP contribution in [0.15, 0.2) is 24.3 Å². The van der Waals surface area contributed by atoms with E-state index >= 15 is 0 Å². The maximum Gasteiger partial charge on any atom is 0.387 e. The van der Waals surface area contributed by atoms with Crippen molar-refractivity contribution in [1.82, 2.24) is 0 Å². The number of Topliss-reactive ketones (excluding diaryl/α,β-unsaturated/α-hetero) is 1. The number of ketones is 1. The van der Waals surface area contributed by atoms with Crippen molar-refractivity contribution in [1.29, 1.82) is 0 Å². The van der Waals surface area contributed by atoms with E-state index in [4.69, 9.17) is 0 Å². The zero-order valence-electron chi connectivity index (χ0n) is 12.6. The molecule has 0 saturated heterocycles. The van der Waals surface area contributed by atoms with Gasteiger partial charge in [-0.05, 0) is 30.5 Å². The van der Waals surface area contributed by atoms with Gasteiger partial charge in [-0.25, -0.2) is 0 Å². The fraction of sp³-hybridized carbons (Fsp3) is 0.500. The lowest BCUT2D eigenvalue weighted by Crippen LogP contribution is -2.32. The summed E-state index contributed by atoms with van der Waals surface area (Å²) < 4.78 is 28.3. The van der Waals surface area contributed by atoms with Gasteiger partial charge >= 0.3 is 12.6 Å². The van der Waals surface area contributed by atoms with Crippen molar-refractivity contribution in [3.63, 3.8) is 0 Å². The predicted molar refractivity (Wildman–Crippen MR) is 77.1 cm³/mol. The third kappa shape index (κ3) is 4.79. The number of rotatable bonds is 9. The maximum absolute atomic E-state index is 12.1. The number of alkyl halides is 2. The monoisotopic (exact) mass is 314 g/mol. The highest BCUT2D eigenvalue weighted by Gasteiger charge is 2.36. The molecular formula is C16H20F2O4. The first-order valence-corrected chi connectivity index (χ1v) is 7.12. The lowest BCUT2D eigenvalue weighted by atomic mass is 9.77. The molecule has 1 rings (SSSR count). The number of aliphatic carboxylic acids is 1. The van der Waals surface area contributed by atoms with Crippen molar-refractivity contribution in [3.05, 3.63) is 29.8 Å². The third-order valence-electron chi connectivity index (χ3n) is 3.89. The van der Waals surface area contributed by atoms with Gasteiger partial charge in [0, 0.05) is 12.8 Å². The molecule has 0 aliphatic carbocycles. The Morgan fingerprint density at radius 2 is 1.73 bits per heavy atom. The highest BCUT2D eigenvalue weighted by atomic mass is 19.3. The number of hydrogen-bond donors (Lipinski definition) is 1. The van der Waals surface area contributed by atoms with Crippen LogP contribution in [0.3, 0.4) is 0 Å². The van der Waals surface area contributed by atoms with E-state index in [9.17, 15) is 23.5 Å². The van der Waals surface area contributed by atoms with Crippen LogP contribution in [0, 0.1) is 5.41 Å². The molecule has 0 fully saturated rings. The number of benzene rings is 1. The molecule has 0 saturated carbocycles. The molecular weight excluding hydrogens is 294 g/mol. The molecule has 0 aliphatic rings. The normalized spacial score (nSPS) is 11.5. The second-order valence-corrected chi connectivity index (χ2v) is 5.21. The second kappa shape index (κ2) is 7.87. The topological polar surface area (TPSA) is 63.6 Å². The number of carbonyl (C=O) groups is 2. The Morgan fingerprint density at radius 1 is 1.18 bits per heavy atom. The molecule has 122 valence electrons. The fourth-order valence-corrected chi connectivity index (χ4v) is 2.33. The number of carbonyl (C=O) groups excluding carboxylic acids is 1. The summed E-state index contributed by atoms with van der Waals surface area (Å²) in [5.41, 5.74) is -0.395. The number of carboxylic acids is 1. The number of ether oxygens (including phenoxy) is 1. The Morgan fingerprint density at radius 3 is 2.14 bits per heavy atom. The molecule has 4 nitrogen and oxygen atoms in total. The SMILES string of the molecule is CCC(CC)(CC(=O)Cc1ccc(OC(F)F)cc1)C(=O)O. The minimum absolute atomic E-state index is 0.0215. The highest BCUT2D eigenvalue weighted by Crippen LogP contribution is 2.31. The zero-order chi connectivity index (χ0) is 16.8. The van der Waals surface area contributed by atoms with Gasteiger partial charge in [-0.3, -0.25) is 9.59 Å². The first kappa shape index (κ1) is 18.1. The first-order valence-electron chi connectivity index (χ1n) is 7.12. The van der Waals surface area contributed by atoms with Gasteiger partial charge in [-0.15, -0.1) is 0 Å². The van der Waals surface area contributed by atoms with Crippen LogP contribution < -0.4 is 4.74 Å². The van der Waals surface area contributed by atoms with Crippen molar-refractivity contribution in [2.24, 2.45) is 5.41 Å². The van der Waals surface area contributed by atoms with Crippen LogP contribution in [0.4, 0.5) is 8.78 Å². The van der Waals surface area contributed by atoms with Crippen LogP contribution in [0.2, 0.25) is 0 Å². The van der Waals surface area contributed by atoms with Crippen molar-refractivity contribution in [2.45, 2.75) is 46.1 Å². The van der Waals surface area contributed by atoms with Crippen LogP contribution in [-0.4, -0.2) is 23.5 Å². The number of carboxylic acid groups (broad SMARTS) is 1. The Labute approximate surface area is 128 Å². The lowest BCUT2D eigenvalue weighted by molar-refractivity contribution is -0.152. The number of hydrogen-bond acceptors (Lipinski definition) is 3. The minimum Gasteiger partial charge on any atom is -0.481 e. The smallest absolute Gasteiger partial charge is 0.387 e. The van der Waals surface area contributed by atoms with Crippen molar-refractivity contribution >= 4 is 11.8 Å². The predicted octanol–water partition coefficient (Wildman–Crippen LogP) is 3.68. The average Bonchev–Trinajstić information content (AvgIpc) is 2.46. The largest absolute Gasteiger partial charge is 0.481 e. The Kier molecular flexibility index (Phi) is 6.46. The minimum atomic E-state index is -2.89. The quantitative estimate of drug-likeness (QED) is 0.755. The highest BCUT2D eigenvalue weighted by molar-refractivity contribution is 5.87. The lowest BCUT2D eigenvalue weighted by Gasteiger charge is -2.25. The van der Waals surface area contributed by atoms with Gasteiger partial charge in [-0.2, -0.15) is 8.78 Å². The molecule has 1 N–H and O–H groups in total.